The molecule has 0 radical (unpaired) electrons. The summed E-state index contributed by atoms with van der Waals surface area (Å²) < 4.78 is 10.1. The Labute approximate surface area is 119 Å². The number of amides is 1. The average molecular weight is 301 g/mol. The maximum Gasteiger partial charge on any atom is 0.264 e. The van der Waals surface area contributed by atoms with Gasteiger partial charge >= 0.3 is 0 Å². The highest BCUT2D eigenvalue weighted by Gasteiger charge is 2.09. The van der Waals surface area contributed by atoms with Crippen molar-refractivity contribution >= 4 is 35.0 Å². The standard InChI is InChI=1S/C12H10Cl2N2O3/c1-7-4-12(19-16-7)15-11(17)6-18-10-3-2-8(13)5-9(10)14/h2-5H,6H2,1H3,(H,15,17). The summed E-state index contributed by atoms with van der Waals surface area (Å²) >= 11 is 11.7. The van der Waals surface area contributed by atoms with Gasteiger partial charge in [-0.25, -0.2) is 0 Å². The van der Waals surface area contributed by atoms with E-state index in [1.807, 2.05) is 0 Å². The number of aryl methyl sites for hydroxylation is 1. The van der Waals surface area contributed by atoms with Crippen LogP contribution in [0.15, 0.2) is 28.8 Å². The molecule has 5 nitrogen and oxygen atoms in total. The molecule has 0 saturated heterocycles. The highest BCUT2D eigenvalue weighted by atomic mass is 35.5. The minimum absolute atomic E-state index is 0.193. The molecule has 0 aliphatic rings. The van der Waals surface area contributed by atoms with E-state index in [0.717, 1.165) is 0 Å². The Bertz CT molecular complexity index is 598. The Kier molecular flexibility index (Phi) is 4.29. The van der Waals surface area contributed by atoms with Crippen molar-refractivity contribution in [3.63, 3.8) is 0 Å². The molecule has 1 heterocycles. The van der Waals surface area contributed by atoms with Gasteiger partial charge in [0.2, 0.25) is 5.88 Å². The molecule has 0 aliphatic carbocycles. The number of anilines is 1. The van der Waals surface area contributed by atoms with Crippen molar-refractivity contribution in [3.05, 3.63) is 40.0 Å². The summed E-state index contributed by atoms with van der Waals surface area (Å²) in [5.41, 5.74) is 0.678. The molecule has 2 aromatic rings. The SMILES string of the molecule is Cc1cc(NC(=O)COc2ccc(Cl)cc2Cl)on1. The molecule has 0 bridgehead atoms. The molecule has 1 N–H and O–H groups in total. The van der Waals surface area contributed by atoms with E-state index in [9.17, 15) is 4.79 Å². The Hall–Kier alpha value is -1.72. The van der Waals surface area contributed by atoms with E-state index < -0.39 is 0 Å². The third-order valence-corrected chi connectivity index (χ3v) is 2.67. The highest BCUT2D eigenvalue weighted by molar-refractivity contribution is 6.35. The fraction of sp³-hybridized carbons (Fsp3) is 0.167. The number of hydrogen-bond acceptors (Lipinski definition) is 4. The predicted octanol–water partition coefficient (Wildman–Crippen LogP) is 3.31. The number of halogens is 2. The lowest BCUT2D eigenvalue weighted by Gasteiger charge is -2.07. The first-order valence-electron chi connectivity index (χ1n) is 5.35. The van der Waals surface area contributed by atoms with Crippen molar-refractivity contribution in [1.29, 1.82) is 0 Å². The van der Waals surface area contributed by atoms with Crippen LogP contribution in [-0.2, 0) is 4.79 Å². The second-order valence-electron chi connectivity index (χ2n) is 3.74. The minimum Gasteiger partial charge on any atom is -0.482 e. The van der Waals surface area contributed by atoms with Crippen LogP contribution in [0.5, 0.6) is 5.75 Å². The number of nitrogens with one attached hydrogen (secondary N) is 1. The van der Waals surface area contributed by atoms with E-state index in [-0.39, 0.29) is 18.4 Å². The van der Waals surface area contributed by atoms with Gasteiger partial charge in [-0.05, 0) is 25.1 Å². The molecular formula is C12H10Cl2N2O3. The van der Waals surface area contributed by atoms with Gasteiger partial charge in [-0.1, -0.05) is 28.4 Å². The third-order valence-electron chi connectivity index (χ3n) is 2.14. The average Bonchev–Trinajstić information content (AvgIpc) is 2.73. The lowest BCUT2D eigenvalue weighted by molar-refractivity contribution is -0.118. The van der Waals surface area contributed by atoms with Gasteiger partial charge in [0.25, 0.3) is 5.91 Å². The van der Waals surface area contributed by atoms with Crippen LogP contribution < -0.4 is 10.1 Å². The molecule has 2 rings (SSSR count). The summed E-state index contributed by atoms with van der Waals surface area (Å²) in [6, 6.07) is 6.36. The molecule has 1 amide bonds. The number of carbonyl (C=O) groups excluding carboxylic acids is 1. The Balaban J connectivity index is 1.89. The van der Waals surface area contributed by atoms with E-state index in [2.05, 4.69) is 10.5 Å². The Morgan fingerprint density at radius 3 is 2.84 bits per heavy atom. The van der Waals surface area contributed by atoms with Gasteiger partial charge in [0.05, 0.1) is 10.7 Å². The van der Waals surface area contributed by atoms with E-state index in [4.69, 9.17) is 32.5 Å². The van der Waals surface area contributed by atoms with Gasteiger partial charge in [0.15, 0.2) is 6.61 Å². The molecule has 1 aromatic carbocycles. The first-order valence-corrected chi connectivity index (χ1v) is 6.11. The van der Waals surface area contributed by atoms with Crippen molar-refractivity contribution in [1.82, 2.24) is 5.16 Å². The molecule has 100 valence electrons. The summed E-state index contributed by atoms with van der Waals surface area (Å²) in [6.07, 6.45) is 0. The van der Waals surface area contributed by atoms with Gasteiger partial charge in [0.1, 0.15) is 5.75 Å². The van der Waals surface area contributed by atoms with E-state index in [0.29, 0.717) is 21.5 Å². The monoisotopic (exact) mass is 300 g/mol. The fourth-order valence-electron chi connectivity index (χ4n) is 1.33. The quantitative estimate of drug-likeness (QED) is 0.941. The van der Waals surface area contributed by atoms with Crippen molar-refractivity contribution in [3.8, 4) is 5.75 Å². The lowest BCUT2D eigenvalue weighted by Crippen LogP contribution is -2.19. The minimum atomic E-state index is -0.373. The van der Waals surface area contributed by atoms with Crippen molar-refractivity contribution < 1.29 is 14.1 Å². The molecule has 7 heteroatoms. The van der Waals surface area contributed by atoms with Crippen LogP contribution in [0, 0.1) is 6.92 Å². The molecule has 0 spiro atoms. The van der Waals surface area contributed by atoms with Crippen molar-refractivity contribution in [2.45, 2.75) is 6.92 Å². The largest absolute Gasteiger partial charge is 0.482 e. The van der Waals surface area contributed by atoms with Gasteiger partial charge in [-0.2, -0.15) is 0 Å². The molecule has 0 saturated carbocycles. The second-order valence-corrected chi connectivity index (χ2v) is 4.59. The third kappa shape index (κ3) is 3.87. The van der Waals surface area contributed by atoms with Crippen LogP contribution in [-0.4, -0.2) is 17.7 Å². The summed E-state index contributed by atoms with van der Waals surface area (Å²) in [5, 5.41) is 6.99. The molecule has 0 atom stereocenters. The number of aromatic nitrogens is 1. The zero-order valence-electron chi connectivity index (χ0n) is 9.94. The number of ether oxygens (including phenoxy) is 1. The van der Waals surface area contributed by atoms with Crippen LogP contribution >= 0.6 is 23.2 Å². The highest BCUT2D eigenvalue weighted by Crippen LogP contribution is 2.27. The molecule has 0 fully saturated rings. The fourth-order valence-corrected chi connectivity index (χ4v) is 1.79. The van der Waals surface area contributed by atoms with E-state index >= 15 is 0 Å². The van der Waals surface area contributed by atoms with Crippen LogP contribution in [0.4, 0.5) is 5.88 Å². The first-order chi connectivity index (χ1) is 9.04. The molecule has 0 aliphatic heterocycles. The zero-order valence-corrected chi connectivity index (χ0v) is 11.5. The summed E-state index contributed by atoms with van der Waals surface area (Å²) in [4.78, 5) is 11.6. The molecular weight excluding hydrogens is 291 g/mol. The normalized spacial score (nSPS) is 10.3. The molecule has 19 heavy (non-hydrogen) atoms. The van der Waals surface area contributed by atoms with Crippen molar-refractivity contribution in [2.24, 2.45) is 0 Å². The molecule has 1 aromatic heterocycles. The second kappa shape index (κ2) is 5.95. The zero-order chi connectivity index (χ0) is 13.8. The number of rotatable bonds is 4. The summed E-state index contributed by atoms with van der Waals surface area (Å²) in [7, 11) is 0. The maximum absolute atomic E-state index is 11.6. The van der Waals surface area contributed by atoms with Crippen LogP contribution in [0.2, 0.25) is 10.0 Å². The van der Waals surface area contributed by atoms with Crippen LogP contribution in [0.3, 0.4) is 0 Å². The van der Waals surface area contributed by atoms with Gasteiger partial charge < -0.3 is 9.26 Å². The topological polar surface area (TPSA) is 64.4 Å². The predicted molar refractivity (Wildman–Crippen MR) is 71.8 cm³/mol. The van der Waals surface area contributed by atoms with Crippen molar-refractivity contribution in [2.75, 3.05) is 11.9 Å². The smallest absolute Gasteiger partial charge is 0.264 e. The number of carbonyl (C=O) groups is 1. The summed E-state index contributed by atoms with van der Waals surface area (Å²) in [5.74, 6) is 0.283. The first kappa shape index (κ1) is 13.7. The number of benzene rings is 1. The lowest BCUT2D eigenvalue weighted by atomic mass is 10.3. The van der Waals surface area contributed by atoms with Gasteiger partial charge in [0, 0.05) is 11.1 Å². The van der Waals surface area contributed by atoms with Crippen LogP contribution in [0.25, 0.3) is 0 Å². The molecule has 0 unspecified atom stereocenters. The Morgan fingerprint density at radius 1 is 1.42 bits per heavy atom. The van der Waals surface area contributed by atoms with E-state index in [1.54, 1.807) is 25.1 Å². The van der Waals surface area contributed by atoms with E-state index in [1.165, 1.54) is 6.07 Å². The number of nitrogens with zero attached hydrogens (tertiary/aromatic N) is 1. The maximum atomic E-state index is 11.6. The van der Waals surface area contributed by atoms with Gasteiger partial charge in [-0.15, -0.1) is 0 Å². The number of hydrogen-bond donors (Lipinski definition) is 1. The summed E-state index contributed by atoms with van der Waals surface area (Å²) in [6.45, 7) is 1.56. The van der Waals surface area contributed by atoms with Crippen LogP contribution in [0.1, 0.15) is 5.69 Å². The van der Waals surface area contributed by atoms with Gasteiger partial charge in [-0.3, -0.25) is 10.1 Å². The Morgan fingerprint density at radius 2 is 2.21 bits per heavy atom.